The Balaban J connectivity index is 3.40. The molecule has 2 N–H and O–H groups in total. The molecule has 1 aromatic rings. The van der Waals surface area contributed by atoms with Crippen molar-refractivity contribution in [3.8, 4) is 0 Å². The predicted molar refractivity (Wildman–Crippen MR) is 57.7 cm³/mol. The van der Waals surface area contributed by atoms with Crippen molar-refractivity contribution in [2.45, 2.75) is 26.2 Å². The number of ether oxygens (including phenoxy) is 1. The second-order valence-electron chi connectivity index (χ2n) is 4.47. The molecule has 15 heavy (non-hydrogen) atoms. The van der Waals surface area contributed by atoms with Gasteiger partial charge in [-0.25, -0.2) is 4.79 Å². The normalized spacial score (nSPS) is 11.5. The van der Waals surface area contributed by atoms with Gasteiger partial charge in [-0.1, -0.05) is 20.8 Å². The predicted octanol–water partition coefficient (Wildman–Crippen LogP) is 1.09. The van der Waals surface area contributed by atoms with E-state index in [0.29, 0.717) is 17.1 Å². The molecule has 5 heteroatoms. The van der Waals surface area contributed by atoms with E-state index in [4.69, 9.17) is 10.5 Å². The molecule has 1 rings (SSSR count). The van der Waals surface area contributed by atoms with Crippen LogP contribution in [-0.2, 0) is 17.2 Å². The molecule has 0 aliphatic carbocycles. The Bertz CT molecular complexity index is 388. The van der Waals surface area contributed by atoms with Crippen LogP contribution in [0.2, 0.25) is 0 Å². The van der Waals surface area contributed by atoms with Crippen LogP contribution in [0, 0.1) is 0 Å². The molecule has 0 amide bonds. The summed E-state index contributed by atoms with van der Waals surface area (Å²) in [5.41, 5.74) is 6.57. The van der Waals surface area contributed by atoms with E-state index in [1.807, 2.05) is 20.8 Å². The summed E-state index contributed by atoms with van der Waals surface area (Å²) in [4.78, 5) is 11.6. The van der Waals surface area contributed by atoms with Gasteiger partial charge in [0, 0.05) is 12.5 Å². The largest absolute Gasteiger partial charge is 0.465 e. The second kappa shape index (κ2) is 3.56. The van der Waals surface area contributed by atoms with E-state index >= 15 is 0 Å². The minimum Gasteiger partial charge on any atom is -0.465 e. The van der Waals surface area contributed by atoms with Crippen molar-refractivity contribution in [1.82, 2.24) is 9.78 Å². The minimum atomic E-state index is -0.439. The van der Waals surface area contributed by atoms with Crippen molar-refractivity contribution in [1.29, 1.82) is 0 Å². The Morgan fingerprint density at radius 3 is 2.40 bits per heavy atom. The first kappa shape index (κ1) is 11.6. The molecule has 0 saturated heterocycles. The van der Waals surface area contributed by atoms with Crippen LogP contribution in [0.3, 0.4) is 0 Å². The van der Waals surface area contributed by atoms with Gasteiger partial charge in [0.25, 0.3) is 0 Å². The third kappa shape index (κ3) is 1.95. The number of aryl methyl sites for hydroxylation is 1. The first-order valence-electron chi connectivity index (χ1n) is 4.70. The number of carbonyl (C=O) groups is 1. The topological polar surface area (TPSA) is 70.1 Å². The molecule has 1 heterocycles. The quantitative estimate of drug-likeness (QED) is 0.706. The number of esters is 1. The van der Waals surface area contributed by atoms with Crippen molar-refractivity contribution in [3.05, 3.63) is 11.3 Å². The summed E-state index contributed by atoms with van der Waals surface area (Å²) in [5.74, 6) is -0.0997. The molecule has 0 fully saturated rings. The first-order valence-corrected chi connectivity index (χ1v) is 4.70. The molecule has 84 valence electrons. The van der Waals surface area contributed by atoms with Gasteiger partial charge < -0.3 is 10.5 Å². The highest BCUT2D eigenvalue weighted by Crippen LogP contribution is 2.28. The molecule has 0 aliphatic heterocycles. The van der Waals surface area contributed by atoms with Crippen molar-refractivity contribution in [2.75, 3.05) is 12.8 Å². The van der Waals surface area contributed by atoms with Gasteiger partial charge in [0.05, 0.1) is 12.8 Å². The van der Waals surface area contributed by atoms with E-state index in [2.05, 4.69) is 5.10 Å². The monoisotopic (exact) mass is 211 g/mol. The van der Waals surface area contributed by atoms with Crippen LogP contribution in [0.15, 0.2) is 0 Å². The number of nitrogens with zero attached hydrogens (tertiary/aromatic N) is 2. The highest BCUT2D eigenvalue weighted by atomic mass is 16.5. The number of aromatic nitrogens is 2. The zero-order chi connectivity index (χ0) is 11.8. The number of carbonyl (C=O) groups excluding carboxylic acids is 1. The number of nitrogen functional groups attached to an aromatic ring is 1. The lowest BCUT2D eigenvalue weighted by Gasteiger charge is -2.16. The molecule has 5 nitrogen and oxygen atoms in total. The number of nitrogens with two attached hydrogens (primary N) is 1. The van der Waals surface area contributed by atoms with E-state index < -0.39 is 5.97 Å². The van der Waals surface area contributed by atoms with Gasteiger partial charge in [-0.2, -0.15) is 5.10 Å². The Labute approximate surface area is 89.2 Å². The lowest BCUT2D eigenvalue weighted by Crippen LogP contribution is -2.17. The zero-order valence-corrected chi connectivity index (χ0v) is 9.79. The Morgan fingerprint density at radius 2 is 2.00 bits per heavy atom. The van der Waals surface area contributed by atoms with Gasteiger partial charge in [-0.3, -0.25) is 4.68 Å². The summed E-state index contributed by atoms with van der Waals surface area (Å²) in [6.07, 6.45) is 0. The molecule has 0 aliphatic rings. The fraction of sp³-hybridized carbons (Fsp3) is 0.600. The molecule has 0 aromatic carbocycles. The van der Waals surface area contributed by atoms with Crippen molar-refractivity contribution in [2.24, 2.45) is 7.05 Å². The molecule has 0 atom stereocenters. The maximum atomic E-state index is 11.6. The van der Waals surface area contributed by atoms with Crippen LogP contribution in [0.25, 0.3) is 0 Å². The third-order valence-electron chi connectivity index (χ3n) is 2.19. The van der Waals surface area contributed by atoms with Gasteiger partial charge in [-0.15, -0.1) is 0 Å². The highest BCUT2D eigenvalue weighted by Gasteiger charge is 2.29. The maximum Gasteiger partial charge on any atom is 0.343 e. The van der Waals surface area contributed by atoms with Crippen molar-refractivity contribution in [3.63, 3.8) is 0 Å². The lowest BCUT2D eigenvalue weighted by molar-refractivity contribution is 0.0599. The number of anilines is 1. The van der Waals surface area contributed by atoms with Gasteiger partial charge in [0.15, 0.2) is 0 Å². The zero-order valence-electron chi connectivity index (χ0n) is 9.79. The minimum absolute atomic E-state index is 0.237. The Hall–Kier alpha value is -1.52. The number of rotatable bonds is 1. The average Bonchev–Trinajstić information content (AvgIpc) is 2.42. The van der Waals surface area contributed by atoms with Crippen LogP contribution in [-0.4, -0.2) is 22.9 Å². The Kier molecular flexibility index (Phi) is 2.75. The molecule has 0 spiro atoms. The van der Waals surface area contributed by atoms with E-state index in [1.165, 1.54) is 11.8 Å². The summed E-state index contributed by atoms with van der Waals surface area (Å²) >= 11 is 0. The summed E-state index contributed by atoms with van der Waals surface area (Å²) in [7, 11) is 3.04. The second-order valence-corrected chi connectivity index (χ2v) is 4.47. The summed E-state index contributed by atoms with van der Waals surface area (Å²) < 4.78 is 6.19. The molecule has 0 saturated carbocycles. The molecule has 0 radical (unpaired) electrons. The van der Waals surface area contributed by atoms with Crippen molar-refractivity contribution >= 4 is 11.8 Å². The molecular weight excluding hydrogens is 194 g/mol. The standard InChI is InChI=1S/C10H17N3O2/c1-10(2,3)7-6(9(14)15-5)8(11)13(4)12-7/h11H2,1-5H3. The number of hydrogen-bond donors (Lipinski definition) is 1. The summed E-state index contributed by atoms with van der Waals surface area (Å²) in [6.45, 7) is 5.92. The SMILES string of the molecule is COC(=O)c1c(C(C)(C)C)nn(C)c1N. The van der Waals surface area contributed by atoms with Gasteiger partial charge in [-0.05, 0) is 0 Å². The van der Waals surface area contributed by atoms with E-state index in [1.54, 1.807) is 7.05 Å². The van der Waals surface area contributed by atoms with E-state index in [-0.39, 0.29) is 5.41 Å². The van der Waals surface area contributed by atoms with E-state index in [0.717, 1.165) is 0 Å². The highest BCUT2D eigenvalue weighted by molar-refractivity contribution is 5.95. The molecular formula is C10H17N3O2. The third-order valence-corrected chi connectivity index (χ3v) is 2.19. The van der Waals surface area contributed by atoms with Crippen LogP contribution in [0.4, 0.5) is 5.82 Å². The summed E-state index contributed by atoms with van der Waals surface area (Å²) in [5, 5.41) is 4.24. The van der Waals surface area contributed by atoms with Gasteiger partial charge >= 0.3 is 5.97 Å². The fourth-order valence-corrected chi connectivity index (χ4v) is 1.37. The molecule has 0 bridgehead atoms. The van der Waals surface area contributed by atoms with Crippen molar-refractivity contribution < 1.29 is 9.53 Å². The molecule has 1 aromatic heterocycles. The Morgan fingerprint density at radius 1 is 1.47 bits per heavy atom. The van der Waals surface area contributed by atoms with E-state index in [9.17, 15) is 4.79 Å². The van der Waals surface area contributed by atoms with Crippen LogP contribution < -0.4 is 5.73 Å². The van der Waals surface area contributed by atoms with Gasteiger partial charge in [0.2, 0.25) is 0 Å². The average molecular weight is 211 g/mol. The smallest absolute Gasteiger partial charge is 0.343 e. The van der Waals surface area contributed by atoms with Crippen LogP contribution in [0.5, 0.6) is 0 Å². The lowest BCUT2D eigenvalue weighted by atomic mass is 9.89. The molecule has 0 unspecified atom stereocenters. The van der Waals surface area contributed by atoms with Crippen LogP contribution >= 0.6 is 0 Å². The number of hydrogen-bond acceptors (Lipinski definition) is 4. The fourth-order valence-electron chi connectivity index (χ4n) is 1.37. The van der Waals surface area contributed by atoms with Gasteiger partial charge in [0.1, 0.15) is 11.4 Å². The maximum absolute atomic E-state index is 11.6. The first-order chi connectivity index (χ1) is 6.79. The number of methoxy groups -OCH3 is 1. The van der Waals surface area contributed by atoms with Crippen LogP contribution in [0.1, 0.15) is 36.8 Å². The summed E-state index contributed by atoms with van der Waals surface area (Å²) in [6, 6.07) is 0.